The van der Waals surface area contributed by atoms with Crippen molar-refractivity contribution in [2.24, 2.45) is 17.3 Å². The molecule has 4 rings (SSSR count). The van der Waals surface area contributed by atoms with Gasteiger partial charge in [-0.25, -0.2) is 13.9 Å². The lowest BCUT2D eigenvalue weighted by Gasteiger charge is -2.24. The molecule has 8 nitrogen and oxygen atoms in total. The van der Waals surface area contributed by atoms with Crippen LogP contribution in [0.2, 0.25) is 0 Å². The van der Waals surface area contributed by atoms with Gasteiger partial charge in [-0.05, 0) is 73.6 Å². The van der Waals surface area contributed by atoms with E-state index in [0.29, 0.717) is 16.6 Å². The van der Waals surface area contributed by atoms with Crippen molar-refractivity contribution in [3.8, 4) is 0 Å². The summed E-state index contributed by atoms with van der Waals surface area (Å²) >= 11 is 1.28. The van der Waals surface area contributed by atoms with Crippen LogP contribution in [0.3, 0.4) is 0 Å². The topological polar surface area (TPSA) is 65.3 Å². The zero-order valence-electron chi connectivity index (χ0n) is 23.5. The number of benzene rings is 2. The maximum Gasteiger partial charge on any atom is 0.409 e. The van der Waals surface area contributed by atoms with Crippen molar-refractivity contribution in [1.29, 1.82) is 0 Å². The smallest absolute Gasteiger partial charge is 0.409 e. The highest BCUT2D eigenvalue weighted by Gasteiger charge is 2.25. The summed E-state index contributed by atoms with van der Waals surface area (Å²) < 4.78 is 9.22. The van der Waals surface area contributed by atoms with Gasteiger partial charge in [0.15, 0.2) is 23.8 Å². The molecule has 4 aromatic rings. The summed E-state index contributed by atoms with van der Waals surface area (Å²) in [6.45, 7) is 7.75. The SMILES string of the molecule is CCOC(=O)c1sc(N=Nc2ccc(N(CC[n+]3ccc(N(C)C)cc3)c3ccc(C)cc3)cc2)[n+](C)c1C. The Hall–Kier alpha value is -4.11. The van der Waals surface area contributed by atoms with Gasteiger partial charge in [0.25, 0.3) is 0 Å². The number of esters is 1. The average Bonchev–Trinajstić information content (AvgIpc) is 3.23. The number of aryl methyl sites for hydroxylation is 1. The molecule has 0 amide bonds. The average molecular weight is 545 g/mol. The summed E-state index contributed by atoms with van der Waals surface area (Å²) in [5.41, 5.74) is 6.16. The first-order valence-electron chi connectivity index (χ1n) is 13.0. The van der Waals surface area contributed by atoms with Gasteiger partial charge in [0.1, 0.15) is 11.4 Å². The van der Waals surface area contributed by atoms with Gasteiger partial charge in [0.2, 0.25) is 0 Å². The third-order valence-electron chi connectivity index (χ3n) is 6.50. The van der Waals surface area contributed by atoms with Crippen molar-refractivity contribution in [2.75, 3.05) is 37.0 Å². The minimum absolute atomic E-state index is 0.329. The lowest BCUT2D eigenvalue weighted by atomic mass is 10.2. The van der Waals surface area contributed by atoms with Gasteiger partial charge in [-0.3, -0.25) is 0 Å². The van der Waals surface area contributed by atoms with Crippen LogP contribution < -0.4 is 18.9 Å². The number of carbonyl (C=O) groups is 1. The Kier molecular flexibility index (Phi) is 9.03. The van der Waals surface area contributed by atoms with E-state index in [0.717, 1.165) is 35.8 Å². The Labute approximate surface area is 234 Å². The van der Waals surface area contributed by atoms with Crippen LogP contribution in [-0.2, 0) is 18.3 Å². The Morgan fingerprint density at radius 3 is 2.10 bits per heavy atom. The number of ether oxygens (including phenoxy) is 1. The molecule has 0 unspecified atom stereocenters. The first-order chi connectivity index (χ1) is 18.8. The number of azo groups is 1. The molecule has 0 fully saturated rings. The predicted octanol–water partition coefficient (Wildman–Crippen LogP) is 5.97. The molecule has 0 spiro atoms. The van der Waals surface area contributed by atoms with Crippen molar-refractivity contribution in [3.05, 3.63) is 89.2 Å². The third-order valence-corrected chi connectivity index (χ3v) is 7.71. The number of aromatic nitrogens is 2. The summed E-state index contributed by atoms with van der Waals surface area (Å²) in [4.78, 5) is 17.2. The fourth-order valence-electron chi connectivity index (χ4n) is 4.05. The van der Waals surface area contributed by atoms with Gasteiger partial charge >= 0.3 is 11.1 Å². The maximum absolute atomic E-state index is 12.2. The Morgan fingerprint density at radius 1 is 0.897 bits per heavy atom. The van der Waals surface area contributed by atoms with E-state index >= 15 is 0 Å². The van der Waals surface area contributed by atoms with E-state index in [4.69, 9.17) is 4.74 Å². The van der Waals surface area contributed by atoms with Crippen LogP contribution in [0, 0.1) is 13.8 Å². The highest BCUT2D eigenvalue weighted by atomic mass is 32.1. The standard InChI is InChI=1S/C30H36N6O2S/c1-7-38-29(37)28-23(3)34(6)30(39-28)32-31-24-10-14-27(15-11-24)36(26-12-8-22(2)9-13-26)21-20-35-18-16-25(17-19-35)33(4)5/h8-19H,7,20-21H2,1-6H3/q+2. The van der Waals surface area contributed by atoms with E-state index in [9.17, 15) is 4.79 Å². The van der Waals surface area contributed by atoms with Gasteiger partial charge in [-0.1, -0.05) is 17.7 Å². The summed E-state index contributed by atoms with van der Waals surface area (Å²) in [6, 6.07) is 20.9. The number of pyridine rings is 1. The summed E-state index contributed by atoms with van der Waals surface area (Å²) in [5.74, 6) is -0.329. The van der Waals surface area contributed by atoms with Crippen molar-refractivity contribution >= 4 is 45.2 Å². The third kappa shape index (κ3) is 6.86. The molecular weight excluding hydrogens is 508 g/mol. The predicted molar refractivity (Wildman–Crippen MR) is 156 cm³/mol. The number of thiazole rings is 1. The molecule has 0 aliphatic heterocycles. The molecule has 2 aromatic carbocycles. The fourth-order valence-corrected chi connectivity index (χ4v) is 5.01. The van der Waals surface area contributed by atoms with Gasteiger partial charge in [-0.15, -0.1) is 0 Å². The molecule has 0 N–H and O–H groups in total. The van der Waals surface area contributed by atoms with Crippen LogP contribution in [0.1, 0.15) is 27.9 Å². The first kappa shape index (κ1) is 27.9. The number of rotatable bonds is 10. The molecule has 2 aromatic heterocycles. The second-order valence-electron chi connectivity index (χ2n) is 9.47. The molecule has 0 saturated carbocycles. The number of anilines is 3. The van der Waals surface area contributed by atoms with Crippen molar-refractivity contribution in [1.82, 2.24) is 0 Å². The monoisotopic (exact) mass is 544 g/mol. The van der Waals surface area contributed by atoms with E-state index in [1.54, 1.807) is 6.92 Å². The van der Waals surface area contributed by atoms with Crippen molar-refractivity contribution in [3.63, 3.8) is 0 Å². The molecule has 0 saturated heterocycles. The Morgan fingerprint density at radius 2 is 1.51 bits per heavy atom. The van der Waals surface area contributed by atoms with Crippen LogP contribution in [-0.4, -0.2) is 33.2 Å². The van der Waals surface area contributed by atoms with E-state index < -0.39 is 0 Å². The normalized spacial score (nSPS) is 11.1. The molecule has 0 atom stereocenters. The van der Waals surface area contributed by atoms with Gasteiger partial charge < -0.3 is 14.5 Å². The van der Waals surface area contributed by atoms with Gasteiger partial charge in [0.05, 0.1) is 25.3 Å². The second kappa shape index (κ2) is 12.6. The largest absolute Gasteiger partial charge is 0.462 e. The van der Waals surface area contributed by atoms with Crippen LogP contribution in [0.4, 0.5) is 27.9 Å². The Bertz CT molecular complexity index is 1430. The minimum atomic E-state index is -0.329. The van der Waals surface area contributed by atoms with E-state index in [2.05, 4.69) is 92.4 Å². The highest BCUT2D eigenvalue weighted by Crippen LogP contribution is 2.29. The molecule has 39 heavy (non-hydrogen) atoms. The Balaban J connectivity index is 1.53. The fraction of sp³-hybridized carbons (Fsp3) is 0.300. The van der Waals surface area contributed by atoms with E-state index in [1.165, 1.54) is 22.6 Å². The maximum atomic E-state index is 12.2. The van der Waals surface area contributed by atoms with Crippen LogP contribution in [0.25, 0.3) is 0 Å². The number of carbonyl (C=O) groups excluding carboxylic acids is 1. The molecule has 0 bridgehead atoms. The van der Waals surface area contributed by atoms with Gasteiger partial charge in [-0.2, -0.15) is 0 Å². The second-order valence-corrected chi connectivity index (χ2v) is 10.4. The lowest BCUT2D eigenvalue weighted by molar-refractivity contribution is -0.694. The summed E-state index contributed by atoms with van der Waals surface area (Å²) in [6.07, 6.45) is 4.23. The van der Waals surface area contributed by atoms with Crippen LogP contribution in [0.15, 0.2) is 83.3 Å². The number of hydrogen-bond donors (Lipinski definition) is 0. The molecular formula is C30H36N6O2S+2. The lowest BCUT2D eigenvalue weighted by Crippen LogP contribution is -2.39. The summed E-state index contributed by atoms with van der Waals surface area (Å²) in [5, 5.41) is 9.49. The highest BCUT2D eigenvalue weighted by molar-refractivity contribution is 7.16. The van der Waals surface area contributed by atoms with E-state index in [-0.39, 0.29) is 5.97 Å². The van der Waals surface area contributed by atoms with Gasteiger partial charge in [0, 0.05) is 43.3 Å². The molecule has 0 aliphatic carbocycles. The van der Waals surface area contributed by atoms with Crippen molar-refractivity contribution < 1.29 is 18.7 Å². The van der Waals surface area contributed by atoms with Crippen LogP contribution >= 0.6 is 11.3 Å². The molecule has 0 radical (unpaired) electrons. The van der Waals surface area contributed by atoms with Crippen LogP contribution in [0.5, 0.6) is 0 Å². The zero-order chi connectivity index (χ0) is 27.9. The molecule has 202 valence electrons. The zero-order valence-corrected chi connectivity index (χ0v) is 24.3. The molecule has 0 aliphatic rings. The quantitative estimate of drug-likeness (QED) is 0.140. The molecule has 2 heterocycles. The summed E-state index contributed by atoms with van der Waals surface area (Å²) in [7, 11) is 5.96. The number of hydrogen-bond acceptors (Lipinski definition) is 7. The minimum Gasteiger partial charge on any atom is -0.462 e. The number of nitrogens with zero attached hydrogens (tertiary/aromatic N) is 6. The van der Waals surface area contributed by atoms with Crippen molar-refractivity contribution in [2.45, 2.75) is 27.3 Å². The first-order valence-corrected chi connectivity index (χ1v) is 13.8. The van der Waals surface area contributed by atoms with E-state index in [1.807, 2.05) is 44.8 Å². The molecule has 9 heteroatoms.